The lowest BCUT2D eigenvalue weighted by Crippen LogP contribution is -2.40. The summed E-state index contributed by atoms with van der Waals surface area (Å²) in [6.07, 6.45) is 4.83. The van der Waals surface area contributed by atoms with Crippen LogP contribution in [0.2, 0.25) is 4.34 Å². The highest BCUT2D eigenvalue weighted by molar-refractivity contribution is 7.16. The van der Waals surface area contributed by atoms with Crippen molar-refractivity contribution in [2.45, 2.75) is 38.3 Å². The maximum atomic E-state index is 10.4. The standard InChI is InChI=1S/C20H29ClN4O2S/c1-2-22-20(24-14-16(26)18-8-9-19(21)28-18)23-13-15(17-7-6-12-27-17)25-10-4-3-5-11-25/h6-9,12,15-16,26H,2-5,10-11,13-14H2,1H3,(H2,22,23,24). The summed E-state index contributed by atoms with van der Waals surface area (Å²) in [7, 11) is 0. The van der Waals surface area contributed by atoms with E-state index < -0.39 is 6.10 Å². The average molecular weight is 425 g/mol. The lowest BCUT2D eigenvalue weighted by Gasteiger charge is -2.32. The van der Waals surface area contributed by atoms with Crippen LogP contribution >= 0.6 is 22.9 Å². The predicted molar refractivity (Wildman–Crippen MR) is 115 cm³/mol. The Kier molecular flexibility index (Phi) is 8.21. The molecule has 2 aromatic rings. The third kappa shape index (κ3) is 5.98. The van der Waals surface area contributed by atoms with E-state index in [0.717, 1.165) is 30.3 Å². The van der Waals surface area contributed by atoms with Gasteiger partial charge in [0.1, 0.15) is 11.9 Å². The van der Waals surface area contributed by atoms with E-state index in [0.29, 0.717) is 23.4 Å². The van der Waals surface area contributed by atoms with Gasteiger partial charge in [-0.2, -0.15) is 0 Å². The first-order chi connectivity index (χ1) is 13.7. The largest absolute Gasteiger partial charge is 0.468 e. The Labute approximate surface area is 175 Å². The fourth-order valence-electron chi connectivity index (χ4n) is 3.42. The van der Waals surface area contributed by atoms with E-state index in [-0.39, 0.29) is 6.04 Å². The van der Waals surface area contributed by atoms with Crippen molar-refractivity contribution in [1.82, 2.24) is 15.5 Å². The number of guanidine groups is 1. The highest BCUT2D eigenvalue weighted by Gasteiger charge is 2.24. The molecule has 0 aliphatic carbocycles. The number of hydrogen-bond donors (Lipinski definition) is 3. The molecule has 0 amide bonds. The summed E-state index contributed by atoms with van der Waals surface area (Å²) in [5.41, 5.74) is 0. The van der Waals surface area contributed by atoms with Gasteiger partial charge in [0.05, 0.1) is 23.2 Å². The molecule has 6 nitrogen and oxygen atoms in total. The number of likely N-dealkylation sites (tertiary alicyclic amines) is 1. The number of piperidine rings is 1. The van der Waals surface area contributed by atoms with Gasteiger partial charge in [-0.05, 0) is 57.1 Å². The number of thiophene rings is 1. The van der Waals surface area contributed by atoms with E-state index >= 15 is 0 Å². The van der Waals surface area contributed by atoms with Crippen LogP contribution in [0.4, 0.5) is 0 Å². The minimum atomic E-state index is -0.621. The average Bonchev–Trinajstić information content (AvgIpc) is 3.39. The van der Waals surface area contributed by atoms with Crippen molar-refractivity contribution < 1.29 is 9.52 Å². The molecule has 1 fully saturated rings. The smallest absolute Gasteiger partial charge is 0.191 e. The van der Waals surface area contributed by atoms with Gasteiger partial charge in [0.15, 0.2) is 5.96 Å². The first kappa shape index (κ1) is 21.2. The Bertz CT molecular complexity index is 728. The predicted octanol–water partition coefficient (Wildman–Crippen LogP) is 3.81. The summed E-state index contributed by atoms with van der Waals surface area (Å²) in [5.74, 6) is 1.65. The maximum Gasteiger partial charge on any atom is 0.191 e. The molecule has 0 aromatic carbocycles. The second-order valence-corrected chi connectivity index (χ2v) is 8.63. The first-order valence-corrected chi connectivity index (χ1v) is 11.1. The second-order valence-electron chi connectivity index (χ2n) is 6.89. The van der Waals surface area contributed by atoms with Crippen LogP contribution in [0.5, 0.6) is 0 Å². The van der Waals surface area contributed by atoms with Gasteiger partial charge in [-0.25, -0.2) is 0 Å². The van der Waals surface area contributed by atoms with Gasteiger partial charge in [0.25, 0.3) is 0 Å². The minimum absolute atomic E-state index is 0.131. The summed E-state index contributed by atoms with van der Waals surface area (Å²) >= 11 is 7.35. The third-order valence-electron chi connectivity index (χ3n) is 4.85. The fraction of sp³-hybridized carbons (Fsp3) is 0.550. The van der Waals surface area contributed by atoms with Gasteiger partial charge in [0.2, 0.25) is 0 Å². The number of aliphatic imine (C=N–C) groups is 1. The van der Waals surface area contributed by atoms with E-state index in [9.17, 15) is 5.11 Å². The quantitative estimate of drug-likeness (QED) is 0.444. The lowest BCUT2D eigenvalue weighted by atomic mass is 10.1. The lowest BCUT2D eigenvalue weighted by molar-refractivity contribution is 0.150. The molecule has 3 heterocycles. The van der Waals surface area contributed by atoms with Crippen molar-refractivity contribution in [3.8, 4) is 0 Å². The zero-order chi connectivity index (χ0) is 19.8. The highest BCUT2D eigenvalue weighted by Crippen LogP contribution is 2.27. The number of nitrogens with one attached hydrogen (secondary N) is 2. The highest BCUT2D eigenvalue weighted by atomic mass is 35.5. The zero-order valence-corrected chi connectivity index (χ0v) is 17.8. The van der Waals surface area contributed by atoms with Crippen LogP contribution in [0.1, 0.15) is 49.0 Å². The monoisotopic (exact) mass is 424 g/mol. The molecular formula is C20H29ClN4O2S. The Morgan fingerprint density at radius 2 is 2.11 bits per heavy atom. The zero-order valence-electron chi connectivity index (χ0n) is 16.2. The Morgan fingerprint density at radius 3 is 2.75 bits per heavy atom. The van der Waals surface area contributed by atoms with E-state index in [1.54, 1.807) is 12.3 Å². The Balaban J connectivity index is 1.63. The van der Waals surface area contributed by atoms with Crippen LogP contribution in [-0.4, -0.2) is 48.7 Å². The van der Waals surface area contributed by atoms with Gasteiger partial charge in [-0.15, -0.1) is 11.3 Å². The van der Waals surface area contributed by atoms with Crippen molar-refractivity contribution in [2.24, 2.45) is 4.99 Å². The number of rotatable bonds is 8. The molecule has 154 valence electrons. The molecule has 1 aliphatic heterocycles. The molecule has 3 N–H and O–H groups in total. The van der Waals surface area contributed by atoms with Gasteiger partial charge in [-0.1, -0.05) is 18.0 Å². The van der Waals surface area contributed by atoms with Crippen LogP contribution in [-0.2, 0) is 0 Å². The molecule has 2 aromatic heterocycles. The van der Waals surface area contributed by atoms with Crippen LogP contribution in [0, 0.1) is 0 Å². The van der Waals surface area contributed by atoms with E-state index in [1.165, 1.54) is 30.6 Å². The third-order valence-corrected chi connectivity index (χ3v) is 6.19. The molecule has 2 unspecified atom stereocenters. The molecule has 1 aliphatic rings. The SMILES string of the molecule is CCNC(=NCC(c1ccco1)N1CCCCC1)NCC(O)c1ccc(Cl)s1. The van der Waals surface area contributed by atoms with Crippen LogP contribution in [0.15, 0.2) is 39.9 Å². The first-order valence-electron chi connectivity index (χ1n) is 9.90. The molecule has 2 atom stereocenters. The van der Waals surface area contributed by atoms with Gasteiger partial charge >= 0.3 is 0 Å². The van der Waals surface area contributed by atoms with Crippen LogP contribution < -0.4 is 10.6 Å². The molecule has 1 saturated heterocycles. The normalized spacial score (nSPS) is 18.0. The Hall–Kier alpha value is -1.54. The number of aliphatic hydroxyl groups excluding tert-OH is 1. The van der Waals surface area contributed by atoms with Gasteiger partial charge in [-0.3, -0.25) is 9.89 Å². The molecule has 3 rings (SSSR count). The summed E-state index contributed by atoms with van der Waals surface area (Å²) in [4.78, 5) is 8.07. The number of hydrogen-bond acceptors (Lipinski definition) is 5. The van der Waals surface area contributed by atoms with Crippen molar-refractivity contribution in [2.75, 3.05) is 32.7 Å². The van der Waals surface area contributed by atoms with Crippen LogP contribution in [0.25, 0.3) is 0 Å². The van der Waals surface area contributed by atoms with Crippen molar-refractivity contribution in [3.63, 3.8) is 0 Å². The van der Waals surface area contributed by atoms with Crippen molar-refractivity contribution >= 4 is 28.9 Å². The summed E-state index contributed by atoms with van der Waals surface area (Å²) < 4.78 is 6.37. The summed E-state index contributed by atoms with van der Waals surface area (Å²) in [5, 5.41) is 16.9. The topological polar surface area (TPSA) is 73.0 Å². The maximum absolute atomic E-state index is 10.4. The molecule has 0 saturated carbocycles. The van der Waals surface area contributed by atoms with Crippen molar-refractivity contribution in [3.05, 3.63) is 45.5 Å². The van der Waals surface area contributed by atoms with E-state index in [1.807, 2.05) is 25.1 Å². The van der Waals surface area contributed by atoms with Gasteiger partial charge < -0.3 is 20.2 Å². The number of aliphatic hydroxyl groups is 1. The molecule has 0 spiro atoms. The molecular weight excluding hydrogens is 396 g/mol. The fourth-order valence-corrected chi connectivity index (χ4v) is 4.46. The number of furan rings is 1. The molecule has 0 radical (unpaired) electrons. The number of halogens is 1. The van der Waals surface area contributed by atoms with E-state index in [4.69, 9.17) is 21.0 Å². The van der Waals surface area contributed by atoms with Crippen molar-refractivity contribution in [1.29, 1.82) is 0 Å². The molecule has 8 heteroatoms. The minimum Gasteiger partial charge on any atom is -0.468 e. The summed E-state index contributed by atoms with van der Waals surface area (Å²) in [6.45, 7) is 5.90. The molecule has 0 bridgehead atoms. The summed E-state index contributed by atoms with van der Waals surface area (Å²) in [6, 6.07) is 7.75. The van der Waals surface area contributed by atoms with Crippen LogP contribution in [0.3, 0.4) is 0 Å². The number of nitrogens with zero attached hydrogens (tertiary/aromatic N) is 2. The molecule has 28 heavy (non-hydrogen) atoms. The van der Waals surface area contributed by atoms with Gasteiger partial charge in [0, 0.05) is 18.0 Å². The van der Waals surface area contributed by atoms with E-state index in [2.05, 4.69) is 15.5 Å². The Morgan fingerprint density at radius 1 is 1.29 bits per heavy atom. The second kappa shape index (κ2) is 10.9.